The Kier molecular flexibility index (Phi) is 3.75. The van der Waals surface area contributed by atoms with E-state index in [9.17, 15) is 18.4 Å². The molecule has 1 aromatic carbocycles. The summed E-state index contributed by atoms with van der Waals surface area (Å²) in [5.41, 5.74) is -0.315. The van der Waals surface area contributed by atoms with E-state index in [1.807, 2.05) is 0 Å². The number of Topliss-reactive ketones (excluding diaryl/α,β-unsaturated/α-hetero) is 1. The van der Waals surface area contributed by atoms with E-state index in [1.54, 1.807) is 0 Å². The van der Waals surface area contributed by atoms with Gasteiger partial charge in [-0.15, -0.1) is 0 Å². The third-order valence-corrected chi connectivity index (χ3v) is 3.33. The Morgan fingerprint density at radius 1 is 1.25 bits per heavy atom. The molecule has 0 radical (unpaired) electrons. The van der Waals surface area contributed by atoms with E-state index in [0.29, 0.717) is 6.07 Å². The van der Waals surface area contributed by atoms with Crippen molar-refractivity contribution < 1.29 is 23.5 Å². The molecule has 5 nitrogen and oxygen atoms in total. The maximum absolute atomic E-state index is 13.0. The van der Waals surface area contributed by atoms with Crippen LogP contribution in [0, 0.1) is 11.6 Å². The molecule has 0 unspecified atom stereocenters. The van der Waals surface area contributed by atoms with Crippen molar-refractivity contribution in [2.45, 2.75) is 6.92 Å². The molecule has 20 heavy (non-hydrogen) atoms. The van der Waals surface area contributed by atoms with E-state index in [4.69, 9.17) is 5.11 Å². The van der Waals surface area contributed by atoms with Crippen LogP contribution in [-0.4, -0.2) is 21.8 Å². The number of hydrogen-bond donors (Lipinski definition) is 2. The number of carboxylic acid groups (broad SMARTS) is 1. The number of benzene rings is 1. The van der Waals surface area contributed by atoms with E-state index >= 15 is 0 Å². The van der Waals surface area contributed by atoms with E-state index in [2.05, 4.69) is 10.3 Å². The number of thiazole rings is 1. The third-order valence-electron chi connectivity index (χ3n) is 2.26. The topological polar surface area (TPSA) is 79.3 Å². The van der Waals surface area contributed by atoms with Crippen LogP contribution in [0.1, 0.15) is 27.1 Å². The predicted octanol–water partition coefficient (Wildman–Crippen LogP) is 3.07. The zero-order valence-electron chi connectivity index (χ0n) is 10.1. The Hall–Kier alpha value is -2.35. The molecule has 104 valence electrons. The van der Waals surface area contributed by atoms with Gasteiger partial charge >= 0.3 is 5.97 Å². The van der Waals surface area contributed by atoms with Gasteiger partial charge < -0.3 is 10.4 Å². The zero-order chi connectivity index (χ0) is 14.9. The second-order valence-electron chi connectivity index (χ2n) is 3.84. The summed E-state index contributed by atoms with van der Waals surface area (Å²) in [6, 6.07) is 2.76. The molecular weight excluding hydrogens is 290 g/mol. The van der Waals surface area contributed by atoms with Crippen LogP contribution in [0.4, 0.5) is 19.6 Å². The molecule has 0 bridgehead atoms. The van der Waals surface area contributed by atoms with Crippen molar-refractivity contribution in [2.75, 3.05) is 5.32 Å². The van der Waals surface area contributed by atoms with Crippen molar-refractivity contribution in [2.24, 2.45) is 0 Å². The summed E-state index contributed by atoms with van der Waals surface area (Å²) in [6.07, 6.45) is 0. The molecule has 0 aliphatic carbocycles. The normalized spacial score (nSPS) is 10.3. The maximum atomic E-state index is 13.0. The summed E-state index contributed by atoms with van der Waals surface area (Å²) >= 11 is 0.805. The van der Waals surface area contributed by atoms with Gasteiger partial charge in [0.25, 0.3) is 0 Å². The molecule has 0 saturated heterocycles. The lowest BCUT2D eigenvalue weighted by Crippen LogP contribution is -2.03. The molecule has 0 saturated carbocycles. The first-order valence-electron chi connectivity index (χ1n) is 5.35. The van der Waals surface area contributed by atoms with Gasteiger partial charge in [-0.1, -0.05) is 11.3 Å². The highest BCUT2D eigenvalue weighted by molar-refractivity contribution is 7.17. The van der Waals surface area contributed by atoms with Gasteiger partial charge in [-0.2, -0.15) is 0 Å². The lowest BCUT2D eigenvalue weighted by atomic mass is 10.3. The second kappa shape index (κ2) is 5.33. The van der Waals surface area contributed by atoms with Gasteiger partial charge in [0.1, 0.15) is 16.5 Å². The summed E-state index contributed by atoms with van der Waals surface area (Å²) in [7, 11) is 0. The first kappa shape index (κ1) is 14.1. The maximum Gasteiger partial charge on any atom is 0.356 e. The van der Waals surface area contributed by atoms with Crippen LogP contribution in [0.5, 0.6) is 0 Å². The molecule has 1 aromatic heterocycles. The SMILES string of the molecule is CC(=O)c1sc(Nc2cc(F)cc(F)c2)nc1C(=O)O. The fourth-order valence-electron chi connectivity index (χ4n) is 1.51. The van der Waals surface area contributed by atoms with Gasteiger partial charge in [0.05, 0.1) is 0 Å². The Balaban J connectivity index is 2.36. The van der Waals surface area contributed by atoms with Crippen molar-refractivity contribution in [3.8, 4) is 0 Å². The molecule has 8 heteroatoms. The number of aromatic nitrogens is 1. The lowest BCUT2D eigenvalue weighted by Gasteiger charge is -2.02. The Bertz CT molecular complexity index is 648. The van der Waals surface area contributed by atoms with Gasteiger partial charge in [0.15, 0.2) is 16.6 Å². The largest absolute Gasteiger partial charge is 0.476 e. The number of halogens is 2. The lowest BCUT2D eigenvalue weighted by molar-refractivity contribution is 0.0687. The number of ketones is 1. The molecule has 0 aliphatic heterocycles. The number of anilines is 2. The highest BCUT2D eigenvalue weighted by atomic mass is 32.1. The van der Waals surface area contributed by atoms with Gasteiger partial charge in [0.2, 0.25) is 0 Å². The smallest absolute Gasteiger partial charge is 0.356 e. The first-order chi connectivity index (χ1) is 9.36. The number of aromatic carboxylic acids is 1. The molecule has 1 heterocycles. The monoisotopic (exact) mass is 298 g/mol. The van der Waals surface area contributed by atoms with E-state index in [0.717, 1.165) is 23.5 Å². The fourth-order valence-corrected chi connectivity index (χ4v) is 2.38. The minimum Gasteiger partial charge on any atom is -0.476 e. The summed E-state index contributed by atoms with van der Waals surface area (Å²) in [5.74, 6) is -3.35. The van der Waals surface area contributed by atoms with Crippen LogP contribution >= 0.6 is 11.3 Å². The molecule has 0 spiro atoms. The molecule has 0 atom stereocenters. The van der Waals surface area contributed by atoms with Crippen LogP contribution in [0.3, 0.4) is 0 Å². The predicted molar refractivity (Wildman–Crippen MR) is 68.7 cm³/mol. The first-order valence-corrected chi connectivity index (χ1v) is 6.16. The highest BCUT2D eigenvalue weighted by Gasteiger charge is 2.20. The molecule has 0 aliphatic rings. The molecule has 0 amide bonds. The quantitative estimate of drug-likeness (QED) is 0.848. The molecule has 2 aromatic rings. The van der Waals surface area contributed by atoms with E-state index in [1.165, 1.54) is 6.92 Å². The van der Waals surface area contributed by atoms with Crippen molar-refractivity contribution in [3.05, 3.63) is 40.4 Å². The number of rotatable bonds is 4. The molecule has 2 rings (SSSR count). The van der Waals surface area contributed by atoms with E-state index in [-0.39, 0.29) is 21.4 Å². The summed E-state index contributed by atoms with van der Waals surface area (Å²) in [5, 5.41) is 11.6. The van der Waals surface area contributed by atoms with E-state index < -0.39 is 23.4 Å². The molecular formula is C12H8F2N2O3S. The van der Waals surface area contributed by atoms with Gasteiger partial charge in [-0.05, 0) is 12.1 Å². The Morgan fingerprint density at radius 2 is 1.85 bits per heavy atom. The second-order valence-corrected chi connectivity index (χ2v) is 4.84. The van der Waals surface area contributed by atoms with Crippen LogP contribution in [-0.2, 0) is 0 Å². The van der Waals surface area contributed by atoms with Gasteiger partial charge in [-0.3, -0.25) is 4.79 Å². The summed E-state index contributed by atoms with van der Waals surface area (Å²) in [4.78, 5) is 25.9. The standard InChI is InChI=1S/C12H8F2N2O3S/c1-5(17)10-9(11(18)19)16-12(20-10)15-8-3-6(13)2-7(14)4-8/h2-4H,1H3,(H,15,16)(H,18,19). The average molecular weight is 298 g/mol. The van der Waals surface area contributed by atoms with Crippen molar-refractivity contribution in [1.29, 1.82) is 0 Å². The van der Waals surface area contributed by atoms with Crippen LogP contribution in [0.15, 0.2) is 18.2 Å². The summed E-state index contributed by atoms with van der Waals surface area (Å²) in [6.45, 7) is 1.21. The number of hydrogen-bond acceptors (Lipinski definition) is 5. The van der Waals surface area contributed by atoms with Crippen molar-refractivity contribution in [1.82, 2.24) is 4.98 Å². The van der Waals surface area contributed by atoms with Crippen molar-refractivity contribution in [3.63, 3.8) is 0 Å². The molecule has 2 N–H and O–H groups in total. The Labute approximate surface area is 115 Å². The minimum atomic E-state index is -1.34. The number of carbonyl (C=O) groups excluding carboxylic acids is 1. The number of nitrogens with zero attached hydrogens (tertiary/aromatic N) is 1. The van der Waals surface area contributed by atoms with Gasteiger partial charge in [-0.25, -0.2) is 18.6 Å². The number of nitrogens with one attached hydrogen (secondary N) is 1. The number of carbonyl (C=O) groups is 2. The van der Waals surface area contributed by atoms with Crippen LogP contribution < -0.4 is 5.32 Å². The summed E-state index contributed by atoms with van der Waals surface area (Å²) < 4.78 is 26.1. The average Bonchev–Trinajstić information content (AvgIpc) is 2.71. The zero-order valence-corrected chi connectivity index (χ0v) is 10.9. The Morgan fingerprint density at radius 3 is 2.30 bits per heavy atom. The van der Waals surface area contributed by atoms with Gasteiger partial charge in [0, 0.05) is 18.7 Å². The van der Waals surface area contributed by atoms with Crippen molar-refractivity contribution >= 4 is 33.9 Å². The van der Waals surface area contributed by atoms with Crippen LogP contribution in [0.25, 0.3) is 0 Å². The fraction of sp³-hybridized carbons (Fsp3) is 0.0833. The minimum absolute atomic E-state index is 0.0307. The van der Waals surface area contributed by atoms with Crippen LogP contribution in [0.2, 0.25) is 0 Å². The number of carboxylic acids is 1. The molecule has 0 fully saturated rings. The highest BCUT2D eigenvalue weighted by Crippen LogP contribution is 2.27. The third kappa shape index (κ3) is 2.97.